The lowest BCUT2D eigenvalue weighted by molar-refractivity contribution is -0.189. The van der Waals surface area contributed by atoms with Crippen molar-refractivity contribution < 1.29 is 38.8 Å². The fraction of sp³-hybridized carbons (Fsp3) is 0.537. The molecule has 0 saturated heterocycles. The van der Waals surface area contributed by atoms with Crippen LogP contribution in [0.15, 0.2) is 114 Å². The molecule has 2 N–H and O–H groups in total. The Kier molecular flexibility index (Phi) is 11.8. The number of Topliss-reactive ketones (excluding diaryl/α,β-unsaturated/α-hetero) is 1. The number of amides is 1. The minimum absolute atomic E-state index is 0.0328. The maximum absolute atomic E-state index is 14.9. The molecule has 3 aromatic rings. The number of benzene rings is 3. The topological polar surface area (TPSA) is 123 Å². The molecular weight excluding hydrogens is 791 g/mol. The van der Waals surface area contributed by atoms with Gasteiger partial charge in [0.1, 0.15) is 28.4 Å². The Hall–Kier alpha value is -4.57. The van der Waals surface area contributed by atoms with Gasteiger partial charge >= 0.3 is 12.1 Å². The summed E-state index contributed by atoms with van der Waals surface area (Å²) >= 11 is 0. The van der Waals surface area contributed by atoms with E-state index in [2.05, 4.69) is 50.2 Å². The molecule has 0 unspecified atom stereocenters. The van der Waals surface area contributed by atoms with Gasteiger partial charge in [0.2, 0.25) is 0 Å². The lowest BCUT2D eigenvalue weighted by atomic mass is 9.60. The number of carbonyl (C=O) groups excluding carboxylic acids is 3. The first kappa shape index (κ1) is 45.0. The molecule has 5 aliphatic carbocycles. The average Bonchev–Trinajstić information content (AvgIpc) is 3.66. The Morgan fingerprint density at radius 3 is 1.90 bits per heavy atom. The molecule has 3 aromatic carbocycles. The van der Waals surface area contributed by atoms with Gasteiger partial charge in [-0.05, 0) is 80.2 Å². The molecule has 8 atom stereocenters. The van der Waals surface area contributed by atoms with E-state index in [-0.39, 0.29) is 24.9 Å². The summed E-state index contributed by atoms with van der Waals surface area (Å²) in [7, 11) is 1.63. The monoisotopic (exact) mass is 857 g/mol. The summed E-state index contributed by atoms with van der Waals surface area (Å²) in [6.45, 7) is 13.3. The zero-order chi connectivity index (χ0) is 45.2. The average molecular weight is 858 g/mol. The number of rotatable bonds is 11. The molecule has 3 fully saturated rings. The van der Waals surface area contributed by atoms with E-state index in [0.717, 1.165) is 48.8 Å². The number of likely N-dealkylation sites (N-methyl/N-ethyl adjacent to an activating group) is 1. The van der Waals surface area contributed by atoms with Gasteiger partial charge in [0.15, 0.2) is 5.78 Å². The Morgan fingerprint density at radius 1 is 0.841 bits per heavy atom. The van der Waals surface area contributed by atoms with Gasteiger partial charge in [0, 0.05) is 36.6 Å². The van der Waals surface area contributed by atoms with Gasteiger partial charge in [0.25, 0.3) is 0 Å². The third-order valence-electron chi connectivity index (χ3n) is 15.7. The van der Waals surface area contributed by atoms with Crippen molar-refractivity contribution in [2.75, 3.05) is 13.7 Å². The molecule has 5 aliphatic rings. The molecule has 0 aliphatic heterocycles. The third kappa shape index (κ3) is 7.59. The first-order valence-electron chi connectivity index (χ1n) is 23.2. The van der Waals surface area contributed by atoms with E-state index in [4.69, 9.17) is 14.2 Å². The van der Waals surface area contributed by atoms with Crippen molar-refractivity contribution in [3.8, 4) is 0 Å². The summed E-state index contributed by atoms with van der Waals surface area (Å²) in [5, 5.41) is 26.2. The van der Waals surface area contributed by atoms with Crippen LogP contribution < -0.4 is 0 Å². The van der Waals surface area contributed by atoms with Crippen molar-refractivity contribution in [2.45, 2.75) is 134 Å². The van der Waals surface area contributed by atoms with Crippen molar-refractivity contribution in [1.29, 1.82) is 0 Å². The fourth-order valence-electron chi connectivity index (χ4n) is 12.4. The van der Waals surface area contributed by atoms with E-state index in [1.165, 1.54) is 4.90 Å². The number of ketones is 1. The van der Waals surface area contributed by atoms with Crippen molar-refractivity contribution in [1.82, 2.24) is 4.90 Å². The number of nitrogens with zero attached hydrogens (tertiary/aromatic N) is 1. The summed E-state index contributed by atoms with van der Waals surface area (Å²) in [6, 6.07) is 29.4. The van der Waals surface area contributed by atoms with Crippen LogP contribution in [0.25, 0.3) is 0 Å². The van der Waals surface area contributed by atoms with Crippen LogP contribution in [0, 0.1) is 35.0 Å². The largest absolute Gasteiger partial charge is 0.457 e. The fourth-order valence-corrected chi connectivity index (χ4v) is 12.4. The van der Waals surface area contributed by atoms with Crippen LogP contribution in [-0.2, 0) is 29.4 Å². The van der Waals surface area contributed by atoms with Gasteiger partial charge in [-0.3, -0.25) is 9.69 Å². The number of hydrogen-bond donors (Lipinski definition) is 2. The maximum atomic E-state index is 14.9. The van der Waals surface area contributed by atoms with E-state index in [9.17, 15) is 24.6 Å². The van der Waals surface area contributed by atoms with E-state index in [0.29, 0.717) is 24.0 Å². The zero-order valence-corrected chi connectivity index (χ0v) is 38.4. The Labute approximate surface area is 373 Å². The van der Waals surface area contributed by atoms with E-state index >= 15 is 0 Å². The summed E-state index contributed by atoms with van der Waals surface area (Å²) in [4.78, 5) is 44.1. The van der Waals surface area contributed by atoms with Crippen molar-refractivity contribution in [3.05, 3.63) is 131 Å². The minimum Gasteiger partial charge on any atom is -0.457 e. The molecule has 336 valence electrons. The molecule has 0 radical (unpaired) electrons. The number of carbonyl (C=O) groups is 3. The highest BCUT2D eigenvalue weighted by atomic mass is 16.6. The van der Waals surface area contributed by atoms with Crippen molar-refractivity contribution in [3.63, 3.8) is 0 Å². The lowest BCUT2D eigenvalue weighted by Crippen LogP contribution is -2.61. The van der Waals surface area contributed by atoms with Crippen molar-refractivity contribution in [2.24, 2.45) is 35.0 Å². The molecular formula is C54H67NO8. The quantitative estimate of drug-likeness (QED) is 0.111. The van der Waals surface area contributed by atoms with Crippen LogP contribution in [0.3, 0.4) is 0 Å². The van der Waals surface area contributed by atoms with Crippen LogP contribution in [0.5, 0.6) is 0 Å². The van der Waals surface area contributed by atoms with Crippen LogP contribution in [0.2, 0.25) is 0 Å². The molecule has 9 heteroatoms. The molecule has 8 rings (SSSR count). The Bertz CT molecular complexity index is 2140. The summed E-state index contributed by atoms with van der Waals surface area (Å²) in [6.07, 6.45) is 9.33. The second-order valence-corrected chi connectivity index (χ2v) is 21.0. The second-order valence-electron chi connectivity index (χ2n) is 21.0. The van der Waals surface area contributed by atoms with Gasteiger partial charge < -0.3 is 24.4 Å². The zero-order valence-electron chi connectivity index (χ0n) is 38.4. The smallest absolute Gasteiger partial charge is 0.410 e. The number of ether oxygens (including phenoxy) is 3. The van der Waals surface area contributed by atoms with Gasteiger partial charge in [-0.25, -0.2) is 9.59 Å². The molecule has 63 heavy (non-hydrogen) atoms. The minimum atomic E-state index is -1.91. The Morgan fingerprint density at radius 2 is 1.38 bits per heavy atom. The molecule has 0 bridgehead atoms. The first-order chi connectivity index (χ1) is 29.8. The molecule has 9 nitrogen and oxygen atoms in total. The SMILES string of the molecule is CC1=C[C@H]2[C@@]3(O)[C@H](C)C[C@]4(OC(=O)[C@H](CC5CCCCC5)N(C)C(=O)OC(C)(C)C)[C@H]([C@@H]3C=C(COC(c3ccccc3)(c3ccccc3)c3ccccc3)C[C@]2(O)C1=O)C4(C)C. The predicted molar refractivity (Wildman–Crippen MR) is 242 cm³/mol. The summed E-state index contributed by atoms with van der Waals surface area (Å²) in [5.41, 5.74) is -3.05. The molecule has 0 spiro atoms. The summed E-state index contributed by atoms with van der Waals surface area (Å²) in [5.74, 6) is -3.01. The highest BCUT2D eigenvalue weighted by Gasteiger charge is 2.83. The lowest BCUT2D eigenvalue weighted by Gasteiger charge is -2.50. The Balaban J connectivity index is 1.20. The summed E-state index contributed by atoms with van der Waals surface area (Å²) < 4.78 is 20.0. The third-order valence-corrected chi connectivity index (χ3v) is 15.7. The van der Waals surface area contributed by atoms with Gasteiger partial charge in [-0.2, -0.15) is 0 Å². The van der Waals surface area contributed by atoms with Gasteiger partial charge in [-0.1, -0.05) is 156 Å². The highest BCUT2D eigenvalue weighted by molar-refractivity contribution is 6.04. The van der Waals surface area contributed by atoms with Gasteiger partial charge in [0.05, 0.1) is 12.2 Å². The van der Waals surface area contributed by atoms with Crippen LogP contribution in [0.1, 0.15) is 117 Å². The number of aliphatic hydroxyl groups is 2. The van der Waals surface area contributed by atoms with Gasteiger partial charge in [-0.15, -0.1) is 0 Å². The first-order valence-corrected chi connectivity index (χ1v) is 23.2. The number of hydrogen-bond acceptors (Lipinski definition) is 8. The molecule has 0 aromatic heterocycles. The predicted octanol–water partition coefficient (Wildman–Crippen LogP) is 9.73. The van der Waals surface area contributed by atoms with E-state index in [1.807, 2.05) is 88.4 Å². The maximum Gasteiger partial charge on any atom is 0.410 e. The van der Waals surface area contributed by atoms with Crippen LogP contribution in [-0.4, -0.2) is 75.1 Å². The van der Waals surface area contributed by atoms with Crippen LogP contribution in [0.4, 0.5) is 4.79 Å². The standard InChI is InChI=1S/C54H67NO8/c1-35-29-44-51(59,46(35)56)33-38(34-61-54(39-23-15-10-16-24-39,40-25-17-11-18-26-40)41-27-19-12-20-28-41)30-42-45-50(6,7)52(45,32-36(2)53(42,44)60)62-47(57)43(31-37-21-13-9-14-22-37)55(8)48(58)63-49(3,4)5/h10-12,15-20,23-30,36-37,42-45,59-60H,9,13-14,21-22,31-34H2,1-8H3/t36-,42+,43+,44-,45-,51-,52+,53-/m1/s1. The number of esters is 1. The normalized spacial score (nSPS) is 30.7. The number of fused-ring (bicyclic) bond motifs is 5. The van der Waals surface area contributed by atoms with Crippen LogP contribution >= 0.6 is 0 Å². The molecule has 3 saturated carbocycles. The van der Waals surface area contributed by atoms with E-state index < -0.39 is 75.1 Å². The van der Waals surface area contributed by atoms with E-state index in [1.54, 1.807) is 20.0 Å². The molecule has 0 heterocycles. The second kappa shape index (κ2) is 16.5. The molecule has 1 amide bonds. The van der Waals surface area contributed by atoms with Crippen molar-refractivity contribution >= 4 is 17.8 Å². The highest BCUT2D eigenvalue weighted by Crippen LogP contribution is 2.76.